The molecule has 1 saturated carbocycles. The largest absolute Gasteiger partial charge is 0.497 e. The highest BCUT2D eigenvalue weighted by Gasteiger charge is 2.28. The van der Waals surface area contributed by atoms with Gasteiger partial charge in [0.2, 0.25) is 5.91 Å². The summed E-state index contributed by atoms with van der Waals surface area (Å²) in [7, 11) is 1.61. The Morgan fingerprint density at radius 3 is 2.29 bits per heavy atom. The first-order valence-corrected chi connectivity index (χ1v) is 11.7. The number of halogens is 1. The third kappa shape index (κ3) is 6.85. The number of hydrogen-bond donors (Lipinski definition) is 1. The van der Waals surface area contributed by atoms with Crippen molar-refractivity contribution in [2.45, 2.75) is 51.2 Å². The van der Waals surface area contributed by atoms with Crippen LogP contribution in [0.15, 0.2) is 48.5 Å². The summed E-state index contributed by atoms with van der Waals surface area (Å²) in [5.41, 5.74) is 0.920. The first-order chi connectivity index (χ1) is 15.0. The molecule has 2 amide bonds. The second kappa shape index (κ2) is 11.4. The van der Waals surface area contributed by atoms with Crippen LogP contribution >= 0.6 is 22.6 Å². The number of carbonyl (C=O) groups excluding carboxylic acids is 2. The van der Waals surface area contributed by atoms with Crippen molar-refractivity contribution in [1.82, 2.24) is 10.2 Å². The summed E-state index contributed by atoms with van der Waals surface area (Å²) in [5.74, 6) is 1.02. The molecule has 0 aliphatic heterocycles. The van der Waals surface area contributed by atoms with Crippen molar-refractivity contribution in [3.8, 4) is 11.5 Å². The molecule has 0 saturated heterocycles. The summed E-state index contributed by atoms with van der Waals surface area (Å²) in [6, 6.07) is 14.6. The fraction of sp³-hybridized carbons (Fsp3) is 0.417. The Morgan fingerprint density at radius 1 is 1.06 bits per heavy atom. The van der Waals surface area contributed by atoms with Crippen LogP contribution in [0.5, 0.6) is 11.5 Å². The number of amides is 2. The highest BCUT2D eigenvalue weighted by Crippen LogP contribution is 2.19. The summed E-state index contributed by atoms with van der Waals surface area (Å²) in [6.07, 6.45) is 4.27. The van der Waals surface area contributed by atoms with Crippen molar-refractivity contribution < 1.29 is 19.1 Å². The Bertz CT molecular complexity index is 864. The third-order valence-corrected chi connectivity index (χ3v) is 6.28. The number of nitrogens with zero attached hydrogens (tertiary/aromatic N) is 1. The highest BCUT2D eigenvalue weighted by molar-refractivity contribution is 14.1. The van der Waals surface area contributed by atoms with Crippen molar-refractivity contribution in [2.24, 2.45) is 0 Å². The Hall–Kier alpha value is -2.29. The lowest BCUT2D eigenvalue weighted by atomic mass is 10.1. The van der Waals surface area contributed by atoms with E-state index in [0.29, 0.717) is 12.3 Å². The van der Waals surface area contributed by atoms with Gasteiger partial charge in [-0.25, -0.2) is 0 Å². The smallest absolute Gasteiger partial charge is 0.261 e. The first kappa shape index (κ1) is 23.4. The molecule has 0 radical (unpaired) electrons. The van der Waals surface area contributed by atoms with Gasteiger partial charge in [0.1, 0.15) is 17.5 Å². The topological polar surface area (TPSA) is 67.9 Å². The highest BCUT2D eigenvalue weighted by atomic mass is 127. The zero-order valence-corrected chi connectivity index (χ0v) is 20.1. The second-order valence-electron chi connectivity index (χ2n) is 7.78. The van der Waals surface area contributed by atoms with E-state index < -0.39 is 6.04 Å². The minimum absolute atomic E-state index is 0.122. The van der Waals surface area contributed by atoms with Gasteiger partial charge in [-0.15, -0.1) is 0 Å². The minimum Gasteiger partial charge on any atom is -0.497 e. The average Bonchev–Trinajstić information content (AvgIpc) is 3.30. The molecular formula is C24H29IN2O4. The molecule has 31 heavy (non-hydrogen) atoms. The van der Waals surface area contributed by atoms with Gasteiger partial charge >= 0.3 is 0 Å². The molecule has 1 aliphatic carbocycles. The minimum atomic E-state index is -0.601. The van der Waals surface area contributed by atoms with Gasteiger partial charge in [0.05, 0.1) is 7.11 Å². The van der Waals surface area contributed by atoms with E-state index >= 15 is 0 Å². The Morgan fingerprint density at radius 2 is 1.68 bits per heavy atom. The van der Waals surface area contributed by atoms with Gasteiger partial charge in [0.25, 0.3) is 5.91 Å². The van der Waals surface area contributed by atoms with Gasteiger partial charge in [-0.05, 0) is 84.3 Å². The van der Waals surface area contributed by atoms with Crippen LogP contribution in [0.2, 0.25) is 0 Å². The van der Waals surface area contributed by atoms with E-state index in [2.05, 4.69) is 27.9 Å². The summed E-state index contributed by atoms with van der Waals surface area (Å²) >= 11 is 2.22. The van der Waals surface area contributed by atoms with E-state index in [0.717, 1.165) is 40.6 Å². The predicted molar refractivity (Wildman–Crippen MR) is 128 cm³/mol. The van der Waals surface area contributed by atoms with Crippen LogP contribution in [0.4, 0.5) is 0 Å². The van der Waals surface area contributed by atoms with Crippen LogP contribution in [0.25, 0.3) is 0 Å². The van der Waals surface area contributed by atoms with Crippen LogP contribution < -0.4 is 14.8 Å². The van der Waals surface area contributed by atoms with E-state index in [4.69, 9.17) is 9.47 Å². The molecule has 1 fully saturated rings. The maximum absolute atomic E-state index is 13.1. The molecule has 3 rings (SSSR count). The third-order valence-electron chi connectivity index (χ3n) is 5.56. The number of carbonyl (C=O) groups is 2. The molecule has 7 heteroatoms. The van der Waals surface area contributed by atoms with E-state index in [9.17, 15) is 9.59 Å². The molecule has 1 N–H and O–H groups in total. The number of methoxy groups -OCH3 is 1. The lowest BCUT2D eigenvalue weighted by Crippen LogP contribution is -2.50. The lowest BCUT2D eigenvalue weighted by molar-refractivity contribution is -0.142. The molecule has 1 atom stereocenters. The van der Waals surface area contributed by atoms with Gasteiger partial charge in [0, 0.05) is 16.2 Å². The maximum Gasteiger partial charge on any atom is 0.261 e. The monoisotopic (exact) mass is 536 g/mol. The number of rotatable bonds is 9. The van der Waals surface area contributed by atoms with Crippen LogP contribution in [0.3, 0.4) is 0 Å². The number of benzene rings is 2. The van der Waals surface area contributed by atoms with E-state index in [1.165, 1.54) is 0 Å². The van der Waals surface area contributed by atoms with Crippen molar-refractivity contribution >= 4 is 34.4 Å². The zero-order valence-electron chi connectivity index (χ0n) is 18.0. The Kier molecular flexibility index (Phi) is 8.57. The molecular weight excluding hydrogens is 507 g/mol. The maximum atomic E-state index is 13.1. The molecule has 0 heterocycles. The molecule has 166 valence electrons. The van der Waals surface area contributed by atoms with Crippen LogP contribution in [0, 0.1) is 3.57 Å². The van der Waals surface area contributed by atoms with Crippen molar-refractivity contribution in [3.05, 3.63) is 57.7 Å². The van der Waals surface area contributed by atoms with Crippen LogP contribution in [-0.4, -0.2) is 42.5 Å². The van der Waals surface area contributed by atoms with Crippen molar-refractivity contribution in [2.75, 3.05) is 13.7 Å². The Labute approximate surface area is 197 Å². The van der Waals surface area contributed by atoms with Gasteiger partial charge in [-0.2, -0.15) is 0 Å². The van der Waals surface area contributed by atoms with Gasteiger partial charge in [-0.3, -0.25) is 9.59 Å². The molecule has 0 bridgehead atoms. The van der Waals surface area contributed by atoms with Gasteiger partial charge < -0.3 is 19.7 Å². The first-order valence-electron chi connectivity index (χ1n) is 10.6. The average molecular weight is 536 g/mol. The fourth-order valence-corrected chi connectivity index (χ4v) is 4.02. The van der Waals surface area contributed by atoms with Gasteiger partial charge in [0.15, 0.2) is 6.61 Å². The van der Waals surface area contributed by atoms with E-state index in [1.54, 1.807) is 18.9 Å². The summed E-state index contributed by atoms with van der Waals surface area (Å²) < 4.78 is 12.0. The van der Waals surface area contributed by atoms with Gasteiger partial charge in [-0.1, -0.05) is 25.0 Å². The standard InChI is InChI=1S/C24H29IN2O4/c1-17(24(29)26-20-5-3-4-6-20)27(15-18-7-11-21(30-2)12-8-18)23(28)16-31-22-13-9-19(25)10-14-22/h7-14,17,20H,3-6,15-16H2,1-2H3,(H,26,29)/t17-/m0/s1. The molecule has 6 nitrogen and oxygen atoms in total. The quantitative estimate of drug-likeness (QED) is 0.489. The summed E-state index contributed by atoms with van der Waals surface area (Å²) in [4.78, 5) is 27.6. The molecule has 2 aromatic carbocycles. The molecule has 1 aliphatic rings. The SMILES string of the molecule is COc1ccc(CN(C(=O)COc2ccc(I)cc2)[C@@H](C)C(=O)NC2CCCC2)cc1. The summed E-state index contributed by atoms with van der Waals surface area (Å²) in [6.45, 7) is 1.96. The predicted octanol–water partition coefficient (Wildman–Crippen LogP) is 4.15. The van der Waals surface area contributed by atoms with E-state index in [1.807, 2.05) is 48.5 Å². The number of ether oxygens (including phenoxy) is 2. The molecule has 2 aromatic rings. The van der Waals surface area contributed by atoms with Crippen LogP contribution in [-0.2, 0) is 16.1 Å². The normalized spacial score (nSPS) is 14.7. The van der Waals surface area contributed by atoms with E-state index in [-0.39, 0.29) is 24.5 Å². The summed E-state index contributed by atoms with van der Waals surface area (Å²) in [5, 5.41) is 3.10. The lowest BCUT2D eigenvalue weighted by Gasteiger charge is -2.29. The second-order valence-corrected chi connectivity index (χ2v) is 9.02. The number of hydrogen-bond acceptors (Lipinski definition) is 4. The van der Waals surface area contributed by atoms with Crippen LogP contribution in [0.1, 0.15) is 38.2 Å². The molecule has 0 aromatic heterocycles. The van der Waals surface area contributed by atoms with Crippen molar-refractivity contribution in [1.29, 1.82) is 0 Å². The fourth-order valence-electron chi connectivity index (χ4n) is 3.66. The number of nitrogens with one attached hydrogen (secondary N) is 1. The molecule has 0 unspecified atom stereocenters. The Balaban J connectivity index is 1.70. The molecule has 0 spiro atoms. The zero-order chi connectivity index (χ0) is 22.2. The van der Waals surface area contributed by atoms with Crippen molar-refractivity contribution in [3.63, 3.8) is 0 Å².